The Balaban J connectivity index is 2.44. The fourth-order valence-electron chi connectivity index (χ4n) is 1.10. The minimum absolute atomic E-state index is 0.490. The van der Waals surface area contributed by atoms with Gasteiger partial charge in [0.25, 0.3) is 0 Å². The van der Waals surface area contributed by atoms with Crippen LogP contribution < -0.4 is 10.6 Å². The molecule has 2 rings (SSSR count). The van der Waals surface area contributed by atoms with Crippen molar-refractivity contribution in [1.29, 1.82) is 0 Å². The van der Waals surface area contributed by atoms with Gasteiger partial charge >= 0.3 is 0 Å². The molecule has 2 N–H and O–H groups in total. The number of hydrogen-bond acceptors (Lipinski definition) is 7. The summed E-state index contributed by atoms with van der Waals surface area (Å²) in [5, 5.41) is 10.1. The summed E-state index contributed by atoms with van der Waals surface area (Å²) in [5.74, 6) is 0. The summed E-state index contributed by atoms with van der Waals surface area (Å²) in [6.45, 7) is 1.97. The monoisotopic (exact) mass is 241 g/mol. The van der Waals surface area contributed by atoms with Crippen molar-refractivity contribution in [2.75, 3.05) is 24.7 Å². The molecule has 0 amide bonds. The molecule has 0 saturated heterocycles. The van der Waals surface area contributed by atoms with E-state index in [0.29, 0.717) is 5.13 Å². The van der Waals surface area contributed by atoms with Gasteiger partial charge in [-0.05, 0) is 6.92 Å². The number of anilines is 2. The molecule has 0 spiro atoms. The third kappa shape index (κ3) is 1.93. The average Bonchev–Trinajstić information content (AvgIpc) is 2.71. The Morgan fingerprint density at radius 2 is 1.93 bits per heavy atom. The van der Waals surface area contributed by atoms with Crippen molar-refractivity contribution in [2.45, 2.75) is 6.92 Å². The number of aromatic nitrogens is 3. The maximum atomic E-state index is 5.55. The Labute approximate surface area is 95.6 Å². The lowest BCUT2D eigenvalue weighted by atomic mass is 10.4. The second-order valence-electron chi connectivity index (χ2n) is 3.25. The highest BCUT2D eigenvalue weighted by atomic mass is 32.1. The van der Waals surface area contributed by atoms with Gasteiger partial charge in [-0.1, -0.05) is 22.7 Å². The van der Waals surface area contributed by atoms with E-state index in [9.17, 15) is 0 Å². The van der Waals surface area contributed by atoms with E-state index in [2.05, 4.69) is 15.2 Å². The molecule has 7 heteroatoms. The predicted molar refractivity (Wildman–Crippen MR) is 64.5 cm³/mol. The van der Waals surface area contributed by atoms with Crippen molar-refractivity contribution in [1.82, 2.24) is 15.2 Å². The fourth-order valence-corrected chi connectivity index (χ4v) is 2.82. The van der Waals surface area contributed by atoms with Crippen molar-refractivity contribution >= 4 is 32.9 Å². The van der Waals surface area contributed by atoms with Gasteiger partial charge in [0.05, 0.1) is 10.6 Å². The number of nitrogens with zero attached hydrogens (tertiary/aromatic N) is 4. The van der Waals surface area contributed by atoms with Crippen molar-refractivity contribution < 1.29 is 0 Å². The van der Waals surface area contributed by atoms with E-state index in [1.807, 2.05) is 25.9 Å². The normalized spacial score (nSPS) is 10.6. The molecule has 0 aromatic carbocycles. The number of thiazole rings is 1. The molecule has 2 aromatic heterocycles. The smallest absolute Gasteiger partial charge is 0.203 e. The molecule has 0 fully saturated rings. The summed E-state index contributed by atoms with van der Waals surface area (Å²) < 4.78 is 0. The molecule has 80 valence electrons. The zero-order chi connectivity index (χ0) is 11.0. The van der Waals surface area contributed by atoms with Crippen LogP contribution >= 0.6 is 22.7 Å². The van der Waals surface area contributed by atoms with E-state index in [1.54, 1.807) is 11.3 Å². The van der Waals surface area contributed by atoms with Crippen molar-refractivity contribution in [2.24, 2.45) is 0 Å². The van der Waals surface area contributed by atoms with E-state index >= 15 is 0 Å². The maximum Gasteiger partial charge on any atom is 0.203 e. The van der Waals surface area contributed by atoms with E-state index in [1.165, 1.54) is 11.3 Å². The van der Waals surface area contributed by atoms with Crippen LogP contribution in [0.4, 0.5) is 10.3 Å². The minimum atomic E-state index is 0.490. The molecular weight excluding hydrogens is 230 g/mol. The molecule has 0 unspecified atom stereocenters. The first-order valence-electron chi connectivity index (χ1n) is 4.32. The lowest BCUT2D eigenvalue weighted by Gasteiger charge is -2.04. The van der Waals surface area contributed by atoms with Gasteiger partial charge in [-0.25, -0.2) is 4.98 Å². The van der Waals surface area contributed by atoms with Gasteiger partial charge < -0.3 is 10.6 Å². The number of nitrogens with two attached hydrogens (primary N) is 1. The van der Waals surface area contributed by atoms with Gasteiger partial charge in [-0.2, -0.15) is 0 Å². The Morgan fingerprint density at radius 3 is 2.40 bits per heavy atom. The third-order valence-corrected chi connectivity index (χ3v) is 4.03. The van der Waals surface area contributed by atoms with E-state index < -0.39 is 0 Å². The van der Waals surface area contributed by atoms with Crippen LogP contribution in [0.15, 0.2) is 0 Å². The van der Waals surface area contributed by atoms with Crippen LogP contribution in [0.25, 0.3) is 9.88 Å². The Bertz CT molecular complexity index is 473. The first-order chi connectivity index (χ1) is 7.08. The molecule has 0 aliphatic heterocycles. The van der Waals surface area contributed by atoms with Crippen LogP contribution in [-0.2, 0) is 0 Å². The predicted octanol–water partition coefficient (Wildman–Crippen LogP) is 1.62. The standard InChI is InChI=1S/C8H11N5S2/c1-4-5(6-11-12-7(9)15-6)14-8(10-4)13(2)3/h1-3H3,(H2,9,12). The first-order valence-corrected chi connectivity index (χ1v) is 5.95. The third-order valence-electron chi connectivity index (χ3n) is 1.80. The van der Waals surface area contributed by atoms with Crippen LogP contribution in [0.5, 0.6) is 0 Å². The molecule has 0 aliphatic rings. The topological polar surface area (TPSA) is 67.9 Å². The number of rotatable bonds is 2. The average molecular weight is 241 g/mol. The first kappa shape index (κ1) is 10.3. The van der Waals surface area contributed by atoms with Crippen LogP contribution in [0.1, 0.15) is 5.69 Å². The molecule has 0 saturated carbocycles. The van der Waals surface area contributed by atoms with Crippen LogP contribution in [0.3, 0.4) is 0 Å². The van der Waals surface area contributed by atoms with Gasteiger partial charge in [-0.3, -0.25) is 0 Å². The summed E-state index contributed by atoms with van der Waals surface area (Å²) in [6, 6.07) is 0. The largest absolute Gasteiger partial charge is 0.374 e. The summed E-state index contributed by atoms with van der Waals surface area (Å²) in [6.07, 6.45) is 0. The van der Waals surface area contributed by atoms with Crippen LogP contribution in [0.2, 0.25) is 0 Å². The van der Waals surface area contributed by atoms with Gasteiger partial charge in [0.2, 0.25) is 5.13 Å². The van der Waals surface area contributed by atoms with Crippen molar-refractivity contribution in [3.05, 3.63) is 5.69 Å². The summed E-state index contributed by atoms with van der Waals surface area (Å²) in [7, 11) is 3.94. The highest BCUT2D eigenvalue weighted by Gasteiger charge is 2.14. The second kappa shape index (κ2) is 3.74. The van der Waals surface area contributed by atoms with Gasteiger partial charge in [0.15, 0.2) is 10.1 Å². The zero-order valence-corrected chi connectivity index (χ0v) is 10.3. The molecule has 15 heavy (non-hydrogen) atoms. The van der Waals surface area contributed by atoms with Crippen LogP contribution in [-0.4, -0.2) is 29.3 Å². The molecule has 2 aromatic rings. The maximum absolute atomic E-state index is 5.55. The zero-order valence-electron chi connectivity index (χ0n) is 8.68. The van der Waals surface area contributed by atoms with Crippen molar-refractivity contribution in [3.8, 4) is 9.88 Å². The molecule has 5 nitrogen and oxygen atoms in total. The minimum Gasteiger partial charge on any atom is -0.374 e. The number of aryl methyl sites for hydroxylation is 1. The van der Waals surface area contributed by atoms with Gasteiger partial charge in [-0.15, -0.1) is 10.2 Å². The molecule has 0 aliphatic carbocycles. The highest BCUT2D eigenvalue weighted by Crippen LogP contribution is 2.35. The molecule has 2 heterocycles. The van der Waals surface area contributed by atoms with E-state index in [0.717, 1.165) is 20.7 Å². The van der Waals surface area contributed by atoms with Gasteiger partial charge in [0.1, 0.15) is 0 Å². The Morgan fingerprint density at radius 1 is 1.20 bits per heavy atom. The Kier molecular flexibility index (Phi) is 2.57. The quantitative estimate of drug-likeness (QED) is 0.865. The molecule has 0 atom stereocenters. The summed E-state index contributed by atoms with van der Waals surface area (Å²) >= 11 is 2.99. The van der Waals surface area contributed by atoms with Crippen LogP contribution in [0, 0.1) is 6.92 Å². The second-order valence-corrected chi connectivity index (χ2v) is 5.24. The summed E-state index contributed by atoms with van der Waals surface area (Å²) in [5.41, 5.74) is 6.52. The van der Waals surface area contributed by atoms with Crippen molar-refractivity contribution in [3.63, 3.8) is 0 Å². The van der Waals surface area contributed by atoms with E-state index in [-0.39, 0.29) is 0 Å². The summed E-state index contributed by atoms with van der Waals surface area (Å²) in [4.78, 5) is 7.47. The number of nitrogen functional groups attached to an aromatic ring is 1. The molecule has 0 radical (unpaired) electrons. The highest BCUT2D eigenvalue weighted by molar-refractivity contribution is 7.25. The molecular formula is C8H11N5S2. The Hall–Kier alpha value is -1.21. The lowest BCUT2D eigenvalue weighted by Crippen LogP contribution is -2.07. The SMILES string of the molecule is Cc1nc(N(C)C)sc1-c1nnc(N)s1. The number of hydrogen-bond donors (Lipinski definition) is 1. The molecule has 0 bridgehead atoms. The fraction of sp³-hybridized carbons (Fsp3) is 0.375. The van der Waals surface area contributed by atoms with E-state index in [4.69, 9.17) is 5.73 Å². The van der Waals surface area contributed by atoms with Gasteiger partial charge in [0, 0.05) is 14.1 Å². The lowest BCUT2D eigenvalue weighted by molar-refractivity contribution is 1.08.